The lowest BCUT2D eigenvalue weighted by atomic mass is 9.98. The van der Waals surface area contributed by atoms with E-state index in [1.807, 2.05) is 60.7 Å². The van der Waals surface area contributed by atoms with Crippen molar-refractivity contribution in [1.82, 2.24) is 0 Å². The SMILES string of the molecule is O=c1cc(-c2ccccc2)c2ccc(OCc3cccc(C4CC(O)CCO4)c3)cc2o1. The highest BCUT2D eigenvalue weighted by Crippen LogP contribution is 2.31. The molecule has 162 valence electrons. The summed E-state index contributed by atoms with van der Waals surface area (Å²) in [7, 11) is 0. The van der Waals surface area contributed by atoms with Gasteiger partial charge < -0.3 is 19.0 Å². The van der Waals surface area contributed by atoms with Crippen LogP contribution >= 0.6 is 0 Å². The van der Waals surface area contributed by atoms with Gasteiger partial charge in [0.1, 0.15) is 17.9 Å². The fraction of sp³-hybridized carbons (Fsp3) is 0.222. The zero-order valence-corrected chi connectivity index (χ0v) is 17.6. The van der Waals surface area contributed by atoms with Gasteiger partial charge in [0.2, 0.25) is 0 Å². The summed E-state index contributed by atoms with van der Waals surface area (Å²) < 4.78 is 17.3. The topological polar surface area (TPSA) is 68.9 Å². The predicted octanol–water partition coefficient (Wildman–Crippen LogP) is 5.25. The first-order chi connectivity index (χ1) is 15.7. The lowest BCUT2D eigenvalue weighted by molar-refractivity contribution is -0.0448. The number of aliphatic hydroxyl groups excluding tert-OH is 1. The minimum atomic E-state index is -0.393. The quantitative estimate of drug-likeness (QED) is 0.440. The van der Waals surface area contributed by atoms with E-state index in [2.05, 4.69) is 6.07 Å². The van der Waals surface area contributed by atoms with Crippen LogP contribution in [0.2, 0.25) is 0 Å². The fourth-order valence-corrected chi connectivity index (χ4v) is 4.15. The summed E-state index contributed by atoms with van der Waals surface area (Å²) in [5.41, 5.74) is 3.95. The van der Waals surface area contributed by atoms with Gasteiger partial charge in [0.05, 0.1) is 12.2 Å². The van der Waals surface area contributed by atoms with Crippen molar-refractivity contribution < 1.29 is 19.0 Å². The maximum atomic E-state index is 12.1. The van der Waals surface area contributed by atoms with E-state index in [9.17, 15) is 9.90 Å². The van der Waals surface area contributed by atoms with E-state index >= 15 is 0 Å². The Labute approximate surface area is 185 Å². The van der Waals surface area contributed by atoms with Crippen molar-refractivity contribution in [3.63, 3.8) is 0 Å². The van der Waals surface area contributed by atoms with Crippen molar-refractivity contribution in [2.24, 2.45) is 0 Å². The summed E-state index contributed by atoms with van der Waals surface area (Å²) in [4.78, 5) is 12.1. The summed E-state index contributed by atoms with van der Waals surface area (Å²) >= 11 is 0. The van der Waals surface area contributed by atoms with Gasteiger partial charge in [0.25, 0.3) is 0 Å². The van der Waals surface area contributed by atoms with E-state index in [1.165, 1.54) is 6.07 Å². The summed E-state index contributed by atoms with van der Waals surface area (Å²) in [6, 6.07) is 24.9. The minimum absolute atomic E-state index is 0.0925. The molecule has 1 saturated heterocycles. The number of aliphatic hydroxyl groups is 1. The van der Waals surface area contributed by atoms with Crippen molar-refractivity contribution in [3.05, 3.63) is 100 Å². The average molecular weight is 428 g/mol. The van der Waals surface area contributed by atoms with E-state index in [1.54, 1.807) is 6.07 Å². The molecule has 1 aliphatic rings. The second kappa shape index (κ2) is 8.99. The lowest BCUT2D eigenvalue weighted by Crippen LogP contribution is -2.23. The van der Waals surface area contributed by atoms with Crippen LogP contribution in [0.15, 0.2) is 88.1 Å². The molecule has 1 N–H and O–H groups in total. The Balaban J connectivity index is 1.36. The predicted molar refractivity (Wildman–Crippen MR) is 123 cm³/mol. The molecular formula is C27H24O5. The van der Waals surface area contributed by atoms with Crippen LogP contribution in [-0.4, -0.2) is 17.8 Å². The molecule has 2 atom stereocenters. The van der Waals surface area contributed by atoms with E-state index in [0.29, 0.717) is 37.4 Å². The Morgan fingerprint density at radius 3 is 2.69 bits per heavy atom. The van der Waals surface area contributed by atoms with Crippen molar-refractivity contribution in [2.75, 3.05) is 6.61 Å². The van der Waals surface area contributed by atoms with Crippen molar-refractivity contribution >= 4 is 11.0 Å². The second-order valence-electron chi connectivity index (χ2n) is 8.07. The first-order valence-electron chi connectivity index (χ1n) is 10.8. The molecule has 0 bridgehead atoms. The Hall–Kier alpha value is -3.41. The molecule has 5 rings (SSSR count). The molecule has 0 radical (unpaired) electrons. The third-order valence-electron chi connectivity index (χ3n) is 5.79. The molecule has 2 unspecified atom stereocenters. The molecule has 1 aliphatic heterocycles. The number of hydrogen-bond donors (Lipinski definition) is 1. The molecular weight excluding hydrogens is 404 g/mol. The Kier molecular flexibility index (Phi) is 5.75. The van der Waals surface area contributed by atoms with Gasteiger partial charge in [-0.05, 0) is 46.9 Å². The van der Waals surface area contributed by atoms with Crippen LogP contribution in [0.3, 0.4) is 0 Å². The number of hydrogen-bond acceptors (Lipinski definition) is 5. The molecule has 5 heteroatoms. The number of fused-ring (bicyclic) bond motifs is 1. The first-order valence-corrected chi connectivity index (χ1v) is 10.8. The second-order valence-corrected chi connectivity index (χ2v) is 8.07. The van der Waals surface area contributed by atoms with Gasteiger partial charge in [0.15, 0.2) is 0 Å². The standard InChI is InChI=1S/C27H24O5/c28-21-11-12-30-25(14-21)20-8-4-5-18(13-20)17-31-22-9-10-23-24(19-6-2-1-3-7-19)16-27(29)32-26(23)15-22/h1-10,13,15-16,21,25,28H,11-12,14,17H2. The molecule has 1 aromatic heterocycles. The highest BCUT2D eigenvalue weighted by molar-refractivity contribution is 5.93. The van der Waals surface area contributed by atoms with Crippen LogP contribution in [0, 0.1) is 0 Å². The van der Waals surface area contributed by atoms with Gasteiger partial charge in [-0.15, -0.1) is 0 Å². The fourth-order valence-electron chi connectivity index (χ4n) is 4.15. The maximum Gasteiger partial charge on any atom is 0.336 e. The molecule has 0 aliphatic carbocycles. The Morgan fingerprint density at radius 1 is 0.969 bits per heavy atom. The largest absolute Gasteiger partial charge is 0.489 e. The van der Waals surface area contributed by atoms with Gasteiger partial charge in [-0.2, -0.15) is 0 Å². The normalized spacial score (nSPS) is 18.5. The van der Waals surface area contributed by atoms with Crippen molar-refractivity contribution in [2.45, 2.75) is 31.7 Å². The van der Waals surface area contributed by atoms with Gasteiger partial charge in [-0.25, -0.2) is 4.79 Å². The van der Waals surface area contributed by atoms with E-state index < -0.39 is 5.63 Å². The summed E-state index contributed by atoms with van der Waals surface area (Å²) in [5, 5.41) is 10.8. The summed E-state index contributed by atoms with van der Waals surface area (Å²) in [5.74, 6) is 0.626. The summed E-state index contributed by atoms with van der Waals surface area (Å²) in [6.45, 7) is 0.942. The molecule has 5 nitrogen and oxygen atoms in total. The van der Waals surface area contributed by atoms with Gasteiger partial charge in [0, 0.05) is 30.5 Å². The first kappa shape index (κ1) is 20.5. The number of rotatable bonds is 5. The molecule has 4 aromatic rings. The van der Waals surface area contributed by atoms with E-state index in [4.69, 9.17) is 13.9 Å². The van der Waals surface area contributed by atoms with Crippen molar-refractivity contribution in [3.8, 4) is 16.9 Å². The van der Waals surface area contributed by atoms with E-state index in [0.717, 1.165) is 27.6 Å². The minimum Gasteiger partial charge on any atom is -0.489 e. The highest BCUT2D eigenvalue weighted by atomic mass is 16.5. The van der Waals surface area contributed by atoms with Crippen LogP contribution in [-0.2, 0) is 11.3 Å². The van der Waals surface area contributed by atoms with E-state index in [-0.39, 0.29) is 12.2 Å². The Bertz CT molecular complexity index is 1280. The Morgan fingerprint density at radius 2 is 1.84 bits per heavy atom. The van der Waals surface area contributed by atoms with Crippen LogP contribution in [0.4, 0.5) is 0 Å². The zero-order chi connectivity index (χ0) is 21.9. The van der Waals surface area contributed by atoms with Gasteiger partial charge >= 0.3 is 5.63 Å². The average Bonchev–Trinajstić information content (AvgIpc) is 2.83. The van der Waals surface area contributed by atoms with Crippen LogP contribution in [0.5, 0.6) is 5.75 Å². The highest BCUT2D eigenvalue weighted by Gasteiger charge is 2.22. The third-order valence-corrected chi connectivity index (χ3v) is 5.79. The van der Waals surface area contributed by atoms with Crippen LogP contribution in [0.25, 0.3) is 22.1 Å². The monoisotopic (exact) mass is 428 g/mol. The molecule has 0 spiro atoms. The lowest BCUT2D eigenvalue weighted by Gasteiger charge is -2.27. The van der Waals surface area contributed by atoms with Crippen molar-refractivity contribution in [1.29, 1.82) is 0 Å². The zero-order valence-electron chi connectivity index (χ0n) is 17.6. The molecule has 1 fully saturated rings. The molecule has 0 amide bonds. The third kappa shape index (κ3) is 4.44. The molecule has 0 saturated carbocycles. The smallest absolute Gasteiger partial charge is 0.336 e. The molecule has 3 aromatic carbocycles. The maximum absolute atomic E-state index is 12.1. The van der Waals surface area contributed by atoms with Gasteiger partial charge in [-0.3, -0.25) is 0 Å². The summed E-state index contributed by atoms with van der Waals surface area (Å²) in [6.07, 6.45) is 0.882. The van der Waals surface area contributed by atoms with Gasteiger partial charge in [-0.1, -0.05) is 48.5 Å². The molecule has 32 heavy (non-hydrogen) atoms. The van der Waals surface area contributed by atoms with Crippen LogP contribution in [0.1, 0.15) is 30.1 Å². The molecule has 2 heterocycles. The van der Waals surface area contributed by atoms with Crippen LogP contribution < -0.4 is 10.4 Å². The number of ether oxygens (including phenoxy) is 2. The number of benzene rings is 3.